The van der Waals surface area contributed by atoms with Crippen molar-refractivity contribution in [1.29, 1.82) is 0 Å². The van der Waals surface area contributed by atoms with Crippen molar-refractivity contribution in [2.75, 3.05) is 0 Å². The minimum Gasteiger partial charge on any atom is -0.617 e. The normalized spacial score (nSPS) is 39.6. The van der Waals surface area contributed by atoms with Crippen molar-refractivity contribution in [1.82, 2.24) is 10.6 Å². The van der Waals surface area contributed by atoms with Gasteiger partial charge in [-0.1, -0.05) is 24.7 Å². The van der Waals surface area contributed by atoms with Gasteiger partial charge in [0, 0.05) is 20.4 Å². The first-order valence-electron chi connectivity index (χ1n) is 3.81. The summed E-state index contributed by atoms with van der Waals surface area (Å²) < 4.78 is 0. The molecule has 0 saturated carbocycles. The van der Waals surface area contributed by atoms with Gasteiger partial charge >= 0.3 is 0 Å². The zero-order valence-corrected chi connectivity index (χ0v) is 17.2. The van der Waals surface area contributed by atoms with Crippen LogP contribution in [-0.4, -0.2) is 11.8 Å². The number of carbonyl (C=O) groups is 2. The first kappa shape index (κ1) is 12.8. The molecule has 2 fully saturated rings. The molecule has 75 valence electrons. The SMILES string of the molecule is CC12[CH-]N[CH-]C1(C)C(=O)NC2=O.[Re].[Rf]. The molecule has 0 aromatic carbocycles. The van der Waals surface area contributed by atoms with E-state index in [2.05, 4.69) is 10.6 Å². The summed E-state index contributed by atoms with van der Waals surface area (Å²) in [5, 5.41) is 5.15. The van der Waals surface area contributed by atoms with Crippen molar-refractivity contribution in [3.8, 4) is 0 Å². The largest absolute Gasteiger partial charge is 0.617 e. The van der Waals surface area contributed by atoms with Gasteiger partial charge in [-0.2, -0.15) is 0 Å². The third kappa shape index (κ3) is 1.02. The second-order valence-corrected chi connectivity index (χ2v) is 3.64. The predicted octanol–water partition coefficient (Wildman–Crippen LogP) is -0.420. The van der Waals surface area contributed by atoms with E-state index in [9.17, 15) is 9.59 Å². The van der Waals surface area contributed by atoms with E-state index in [1.54, 1.807) is 26.9 Å². The van der Waals surface area contributed by atoms with Gasteiger partial charge in [-0.3, -0.25) is 22.7 Å². The summed E-state index contributed by atoms with van der Waals surface area (Å²) in [6.45, 7) is 6.83. The molecule has 2 rings (SSSR count). The maximum atomic E-state index is 11.4. The average Bonchev–Trinajstić information content (AvgIpc) is 2.37. The minimum absolute atomic E-state index is 0. The molecule has 14 heavy (non-hydrogen) atoms. The van der Waals surface area contributed by atoms with E-state index in [0.29, 0.717) is 0 Å². The van der Waals surface area contributed by atoms with Crippen LogP contribution in [0, 0.1) is 23.9 Å². The molecule has 0 aromatic heterocycles. The van der Waals surface area contributed by atoms with E-state index in [4.69, 9.17) is 0 Å². The maximum Gasteiger partial charge on any atom is 0.201 e. The Labute approximate surface area is 90.5 Å². The Hall–Kier alpha value is -1.24. The molecule has 0 bridgehead atoms. The van der Waals surface area contributed by atoms with Crippen LogP contribution in [0.5, 0.6) is 0 Å². The maximum absolute atomic E-state index is 11.4. The molecule has 1 radical (unpaired) electrons. The zero-order valence-electron chi connectivity index (χ0n) is 8.06. The number of hydrogen-bond acceptors (Lipinski definition) is 3. The van der Waals surface area contributed by atoms with Crippen molar-refractivity contribution in [2.24, 2.45) is 10.8 Å². The third-order valence-electron chi connectivity index (χ3n) is 2.99. The molecule has 2 amide bonds. The summed E-state index contributed by atoms with van der Waals surface area (Å²) in [5.41, 5.74) is -1.44. The predicted molar refractivity (Wildman–Crippen MR) is 41.1 cm³/mol. The van der Waals surface area contributed by atoms with Crippen LogP contribution in [0.3, 0.4) is 0 Å². The van der Waals surface area contributed by atoms with Crippen LogP contribution >= 0.6 is 0 Å². The topological polar surface area (TPSA) is 58.2 Å². The van der Waals surface area contributed by atoms with E-state index in [1.165, 1.54) is 0 Å². The fraction of sp³-hybridized carbons (Fsp3) is 0.500. The van der Waals surface area contributed by atoms with Gasteiger partial charge in [0.2, 0.25) is 11.8 Å². The van der Waals surface area contributed by atoms with Crippen LogP contribution in [0.4, 0.5) is 0 Å². The van der Waals surface area contributed by atoms with Crippen LogP contribution in [-0.2, 0) is 30.0 Å². The van der Waals surface area contributed by atoms with E-state index in [0.717, 1.165) is 0 Å². The third-order valence-corrected chi connectivity index (χ3v) is 2.99. The summed E-state index contributed by atoms with van der Waals surface area (Å²) in [7, 11) is 0. The molecule has 0 aromatic rings. The van der Waals surface area contributed by atoms with Crippen molar-refractivity contribution >= 4 is 11.8 Å². The molecule has 2 heterocycles. The first-order valence-corrected chi connectivity index (χ1v) is 3.81. The molecular weight excluding hydrogens is 609 g/mol. The molecule has 2 saturated heterocycles. The van der Waals surface area contributed by atoms with Crippen LogP contribution in [0.1, 0.15) is 13.8 Å². The molecular formula is C8H10N2O2ReRf-2. The second kappa shape index (κ2) is 3.16. The van der Waals surface area contributed by atoms with Gasteiger partial charge in [-0.05, 0) is 0 Å². The number of fused-ring (bicyclic) bond motifs is 1. The van der Waals surface area contributed by atoms with Gasteiger partial charge in [-0.15, -0.1) is 0 Å². The Balaban J connectivity index is 0.000000845. The quantitative estimate of drug-likeness (QED) is 0.287. The summed E-state index contributed by atoms with van der Waals surface area (Å²) >= 11 is 0. The standard InChI is InChI=1S/C8H10N2O2.Re.Rf/c1-7-3-9-4-8(7,2)6(12)10-5(7)11;;/h3-4,9H,1-2H3,(H,10,11,12);;/q-2;;. The first-order chi connectivity index (χ1) is 5.51. The number of rotatable bonds is 0. The summed E-state index contributed by atoms with van der Waals surface area (Å²) in [4.78, 5) is 22.7. The van der Waals surface area contributed by atoms with Gasteiger partial charge in [-0.25, -0.2) is 0 Å². The van der Waals surface area contributed by atoms with Crippen molar-refractivity contribution < 1.29 is 30.0 Å². The smallest absolute Gasteiger partial charge is 0.201 e. The van der Waals surface area contributed by atoms with E-state index in [-0.39, 0.29) is 32.2 Å². The van der Waals surface area contributed by atoms with E-state index in [1.807, 2.05) is 0 Å². The van der Waals surface area contributed by atoms with Gasteiger partial charge in [0.15, 0.2) is 0 Å². The summed E-state index contributed by atoms with van der Waals surface area (Å²) in [5.74, 6) is -0.451. The Kier molecular flexibility index (Phi) is 2.88. The van der Waals surface area contributed by atoms with Gasteiger partial charge in [0.05, 0.1) is 0 Å². The van der Waals surface area contributed by atoms with Gasteiger partial charge in [0.25, 0.3) is 0 Å². The molecule has 2 unspecified atom stereocenters. The van der Waals surface area contributed by atoms with Crippen LogP contribution in [0.2, 0.25) is 0 Å². The molecule has 4 nitrogen and oxygen atoms in total. The van der Waals surface area contributed by atoms with Crippen LogP contribution in [0.15, 0.2) is 0 Å². The Morgan fingerprint density at radius 2 is 1.43 bits per heavy atom. The second-order valence-electron chi connectivity index (χ2n) is 3.64. The number of hydrogen-bond donors (Lipinski definition) is 2. The number of nitrogens with one attached hydrogen (secondary N) is 2. The monoisotopic (exact) mass is 620 g/mol. The van der Waals surface area contributed by atoms with Crippen molar-refractivity contribution in [3.63, 3.8) is 0 Å². The number of amides is 2. The zero-order chi connectivity index (χ0) is 8.98. The minimum atomic E-state index is -0.718. The Bertz CT molecular complexity index is 261. The average molecular weight is 619 g/mol. The van der Waals surface area contributed by atoms with Crippen molar-refractivity contribution in [2.45, 2.75) is 13.8 Å². The molecule has 2 atom stereocenters. The molecule has 0 spiro atoms. The molecule has 2 N–H and O–H groups in total. The van der Waals surface area contributed by atoms with Gasteiger partial charge in [0.1, 0.15) is 0 Å². The van der Waals surface area contributed by atoms with Gasteiger partial charge < -0.3 is 10.6 Å². The number of imide groups is 1. The Morgan fingerprint density at radius 3 is 1.79 bits per heavy atom. The van der Waals surface area contributed by atoms with Crippen LogP contribution in [0.25, 0.3) is 0 Å². The molecule has 2 aliphatic rings. The van der Waals surface area contributed by atoms with E-state index < -0.39 is 10.8 Å². The van der Waals surface area contributed by atoms with E-state index >= 15 is 0 Å². The van der Waals surface area contributed by atoms with Crippen LogP contribution < -0.4 is 10.6 Å². The number of carbonyl (C=O) groups excluding carboxylic acids is 2. The summed E-state index contributed by atoms with van der Waals surface area (Å²) in [6, 6.07) is 0. The fourth-order valence-corrected chi connectivity index (χ4v) is 1.64. The molecule has 6 heteroatoms. The Morgan fingerprint density at radius 1 is 1.07 bits per heavy atom. The van der Waals surface area contributed by atoms with Crippen molar-refractivity contribution in [3.05, 3.63) is 13.1 Å². The molecule has 2 aliphatic heterocycles. The summed E-state index contributed by atoms with van der Waals surface area (Å²) in [6.07, 6.45) is 0. The molecule has 0 aliphatic carbocycles. The fourth-order valence-electron chi connectivity index (χ4n) is 1.64.